The maximum atomic E-state index is 13.1. The number of H-pyrrole nitrogens is 2. The minimum Gasteiger partial charge on any atom is -0.354 e. The molecule has 3 N–H and O–H groups in total. The van der Waals surface area contributed by atoms with Gasteiger partial charge in [0.2, 0.25) is 0 Å². The number of benzene rings is 5. The van der Waals surface area contributed by atoms with Crippen LogP contribution in [-0.2, 0) is 0 Å². The molecule has 288 valence electrons. The number of hydrogen-bond donors (Lipinski definition) is 3. The van der Waals surface area contributed by atoms with E-state index in [1.54, 1.807) is 0 Å². The molecule has 0 atom stereocenters. The van der Waals surface area contributed by atoms with Gasteiger partial charge in [-0.25, -0.2) is 9.97 Å². The predicted octanol–water partition coefficient (Wildman–Crippen LogP) is 13.5. The molecule has 8 aromatic rings. The van der Waals surface area contributed by atoms with Gasteiger partial charge in [-0.05, 0) is 116 Å². The molecule has 3 aromatic heterocycles. The van der Waals surface area contributed by atoms with E-state index >= 15 is 0 Å². The molecule has 5 heterocycles. The van der Waals surface area contributed by atoms with Crippen molar-refractivity contribution in [2.45, 2.75) is 20.8 Å². The van der Waals surface area contributed by atoms with Gasteiger partial charge in [-0.3, -0.25) is 4.79 Å². The van der Waals surface area contributed by atoms with E-state index < -0.39 is 0 Å². The van der Waals surface area contributed by atoms with Gasteiger partial charge in [-0.2, -0.15) is 0 Å². The molecule has 0 saturated carbocycles. The third kappa shape index (κ3) is 6.94. The topological polar surface area (TPSA) is 86.5 Å². The fraction of sp³-hybridized carbons (Fsp3) is 0.0556. The van der Waals surface area contributed by atoms with E-state index in [-0.39, 0.29) is 5.91 Å². The van der Waals surface area contributed by atoms with E-state index in [0.717, 1.165) is 89.4 Å². The normalized spacial score (nSPS) is 11.8. The number of aryl methyl sites for hydroxylation is 3. The summed E-state index contributed by atoms with van der Waals surface area (Å²) in [6.07, 6.45) is 8.47. The van der Waals surface area contributed by atoms with Crippen molar-refractivity contribution in [1.82, 2.24) is 19.9 Å². The standard InChI is InChI=1S/C54H41N5O/c1-33-9-15-36(16-10-33)50-42-25-27-44(56-42)51(37-17-11-34(2)12-18-37)46-29-31-48(58-46)53(39-21-23-41(24-22-39)55-54(60)40-7-5-4-6-8-40)49-32-30-47(59-49)52(45-28-26-43(50)57-45)38-19-13-35(3)14-20-38/h4-32,56,59H,1-3H3,(H,55,60). The lowest BCUT2D eigenvalue weighted by molar-refractivity contribution is 0.102. The van der Waals surface area contributed by atoms with E-state index in [0.29, 0.717) is 11.3 Å². The van der Waals surface area contributed by atoms with Crippen LogP contribution in [0, 0.1) is 20.8 Å². The first-order valence-electron chi connectivity index (χ1n) is 20.2. The maximum Gasteiger partial charge on any atom is 0.255 e. The van der Waals surface area contributed by atoms with E-state index in [4.69, 9.17) is 9.97 Å². The molecule has 5 aromatic carbocycles. The summed E-state index contributed by atoms with van der Waals surface area (Å²) in [5, 5.41) is 3.05. The molecule has 6 nitrogen and oxygen atoms in total. The van der Waals surface area contributed by atoms with Gasteiger partial charge in [0.1, 0.15) is 0 Å². The van der Waals surface area contributed by atoms with Crippen LogP contribution in [0.25, 0.3) is 90.9 Å². The van der Waals surface area contributed by atoms with Crippen LogP contribution in [0.2, 0.25) is 0 Å². The Morgan fingerprint density at radius 3 is 1.05 bits per heavy atom. The Balaban J connectivity index is 1.27. The second-order valence-corrected chi connectivity index (χ2v) is 15.5. The number of aromatic nitrogens is 4. The fourth-order valence-corrected chi connectivity index (χ4v) is 8.09. The monoisotopic (exact) mass is 775 g/mol. The summed E-state index contributed by atoms with van der Waals surface area (Å²) in [6, 6.07) is 51.7. The van der Waals surface area contributed by atoms with E-state index in [1.807, 2.05) is 54.6 Å². The molecule has 0 fully saturated rings. The molecular weight excluding hydrogens is 735 g/mol. The summed E-state index contributed by atoms with van der Waals surface area (Å²) in [5.74, 6) is -0.157. The smallest absolute Gasteiger partial charge is 0.255 e. The average Bonchev–Trinajstić information content (AvgIpc) is 4.12. The Morgan fingerprint density at radius 1 is 0.400 bits per heavy atom. The largest absolute Gasteiger partial charge is 0.354 e. The van der Waals surface area contributed by atoms with E-state index in [9.17, 15) is 4.79 Å². The molecule has 0 spiro atoms. The number of nitrogens with one attached hydrogen (secondary N) is 3. The highest BCUT2D eigenvalue weighted by Crippen LogP contribution is 2.39. The van der Waals surface area contributed by atoms with Gasteiger partial charge in [0.15, 0.2) is 0 Å². The van der Waals surface area contributed by atoms with Gasteiger partial charge in [-0.1, -0.05) is 120 Å². The molecule has 2 aliphatic rings. The molecule has 8 bridgehead atoms. The van der Waals surface area contributed by atoms with Gasteiger partial charge in [0.25, 0.3) is 5.91 Å². The van der Waals surface area contributed by atoms with Gasteiger partial charge < -0.3 is 15.3 Å². The van der Waals surface area contributed by atoms with Crippen molar-refractivity contribution in [3.05, 3.63) is 197 Å². The molecule has 0 radical (unpaired) electrons. The van der Waals surface area contributed by atoms with Crippen molar-refractivity contribution in [3.8, 4) is 44.5 Å². The van der Waals surface area contributed by atoms with Crippen molar-refractivity contribution >= 4 is 58.0 Å². The maximum absolute atomic E-state index is 13.1. The lowest BCUT2D eigenvalue weighted by atomic mass is 10.0. The number of fused-ring (bicyclic) bond motifs is 8. The first-order valence-corrected chi connectivity index (χ1v) is 20.2. The Labute approximate surface area is 348 Å². The Bertz CT molecular complexity index is 3130. The number of carbonyl (C=O) groups excluding carboxylic acids is 1. The lowest BCUT2D eigenvalue weighted by Crippen LogP contribution is -2.11. The molecule has 10 rings (SSSR count). The van der Waals surface area contributed by atoms with Crippen LogP contribution >= 0.6 is 0 Å². The van der Waals surface area contributed by atoms with Crippen molar-refractivity contribution in [1.29, 1.82) is 0 Å². The van der Waals surface area contributed by atoms with Crippen LogP contribution in [0.15, 0.2) is 152 Å². The van der Waals surface area contributed by atoms with Crippen LogP contribution in [-0.4, -0.2) is 25.8 Å². The number of hydrogen-bond acceptors (Lipinski definition) is 3. The minimum atomic E-state index is -0.157. The van der Waals surface area contributed by atoms with Crippen molar-refractivity contribution in [3.63, 3.8) is 0 Å². The van der Waals surface area contributed by atoms with E-state index in [2.05, 4.69) is 157 Å². The van der Waals surface area contributed by atoms with Crippen molar-refractivity contribution < 1.29 is 4.79 Å². The van der Waals surface area contributed by atoms with Crippen LogP contribution in [0.1, 0.15) is 49.8 Å². The molecule has 2 aliphatic heterocycles. The molecule has 1 amide bonds. The first-order chi connectivity index (χ1) is 29.3. The summed E-state index contributed by atoms with van der Waals surface area (Å²) in [4.78, 5) is 31.6. The number of rotatable bonds is 6. The zero-order chi connectivity index (χ0) is 40.7. The van der Waals surface area contributed by atoms with Gasteiger partial charge >= 0.3 is 0 Å². The lowest BCUT2D eigenvalue weighted by Gasteiger charge is -2.09. The molecule has 60 heavy (non-hydrogen) atoms. The zero-order valence-electron chi connectivity index (χ0n) is 33.5. The highest BCUT2D eigenvalue weighted by atomic mass is 16.1. The van der Waals surface area contributed by atoms with Crippen LogP contribution in [0.5, 0.6) is 0 Å². The van der Waals surface area contributed by atoms with Gasteiger partial charge in [0, 0.05) is 55.6 Å². The Morgan fingerprint density at radius 2 is 0.717 bits per heavy atom. The highest BCUT2D eigenvalue weighted by molar-refractivity contribution is 6.05. The second kappa shape index (κ2) is 15.2. The predicted molar refractivity (Wildman–Crippen MR) is 249 cm³/mol. The van der Waals surface area contributed by atoms with Crippen LogP contribution < -0.4 is 5.32 Å². The molecule has 0 unspecified atom stereocenters. The summed E-state index contributed by atoms with van der Waals surface area (Å²) in [5.41, 5.74) is 20.2. The molecule has 0 saturated heterocycles. The van der Waals surface area contributed by atoms with Gasteiger partial charge in [0.05, 0.1) is 22.8 Å². The third-order valence-electron chi connectivity index (χ3n) is 11.2. The number of carbonyl (C=O) groups is 1. The molecule has 0 aliphatic carbocycles. The summed E-state index contributed by atoms with van der Waals surface area (Å²) < 4.78 is 0. The summed E-state index contributed by atoms with van der Waals surface area (Å²) >= 11 is 0. The van der Waals surface area contributed by atoms with Crippen molar-refractivity contribution in [2.24, 2.45) is 0 Å². The molecular formula is C54H41N5O. The minimum absolute atomic E-state index is 0.157. The van der Waals surface area contributed by atoms with E-state index in [1.165, 1.54) is 16.7 Å². The quantitative estimate of drug-likeness (QED) is 0.157. The second-order valence-electron chi connectivity index (χ2n) is 15.5. The third-order valence-corrected chi connectivity index (χ3v) is 11.2. The van der Waals surface area contributed by atoms with Crippen LogP contribution in [0.3, 0.4) is 0 Å². The molecule has 6 heteroatoms. The number of anilines is 1. The summed E-state index contributed by atoms with van der Waals surface area (Å²) in [7, 11) is 0. The highest BCUT2D eigenvalue weighted by Gasteiger charge is 2.19. The Hall–Kier alpha value is -7.83. The number of amides is 1. The average molecular weight is 776 g/mol. The zero-order valence-corrected chi connectivity index (χ0v) is 33.5. The summed E-state index contributed by atoms with van der Waals surface area (Å²) in [6.45, 7) is 6.32. The number of nitrogens with zero attached hydrogens (tertiary/aromatic N) is 2. The van der Waals surface area contributed by atoms with Gasteiger partial charge in [-0.15, -0.1) is 0 Å². The van der Waals surface area contributed by atoms with Crippen molar-refractivity contribution in [2.75, 3.05) is 5.32 Å². The number of aromatic amines is 2. The Kier molecular flexibility index (Phi) is 9.22. The SMILES string of the molecule is Cc1ccc(-c2c3nc(c(-c4ccc(C)cc4)c4ccc([nH]4)c(-c4ccc(NC(=O)c5ccccc5)cc4)c4nc(c(-c5ccc(C)cc5)c5ccc2[nH]5)C=C4)C=C3)cc1. The first kappa shape index (κ1) is 36.5. The fourth-order valence-electron chi connectivity index (χ4n) is 8.09. The van der Waals surface area contributed by atoms with Crippen LogP contribution in [0.4, 0.5) is 5.69 Å².